The van der Waals surface area contributed by atoms with Crippen LogP contribution in [0.1, 0.15) is 10.4 Å². The van der Waals surface area contributed by atoms with Gasteiger partial charge in [0.15, 0.2) is 0 Å². The molecule has 0 aliphatic carbocycles. The smallest absolute Gasteiger partial charge is 0.337 e. The lowest BCUT2D eigenvalue weighted by Crippen LogP contribution is -1.96. The number of rotatable bonds is 1. The van der Waals surface area contributed by atoms with Gasteiger partial charge in [-0.25, -0.2) is 4.79 Å². The second kappa shape index (κ2) is 3.39. The third-order valence-electron chi connectivity index (χ3n) is 1.83. The molecule has 1 aromatic heterocycles. The number of nitrogens with one attached hydrogen (secondary N) is 1. The maximum absolute atomic E-state index is 10.7. The van der Waals surface area contributed by atoms with Crippen molar-refractivity contribution in [3.8, 4) is 0 Å². The van der Waals surface area contributed by atoms with Gasteiger partial charge in [-0.05, 0) is 34.7 Å². The fourth-order valence-corrected chi connectivity index (χ4v) is 1.96. The number of carboxylic acids is 1. The van der Waals surface area contributed by atoms with Gasteiger partial charge in [0.25, 0.3) is 0 Å². The minimum atomic E-state index is -1.05. The van der Waals surface area contributed by atoms with Crippen LogP contribution in [0.3, 0.4) is 0 Å². The number of carbonyl (C=O) groups is 1. The lowest BCUT2D eigenvalue weighted by atomic mass is 10.2. The second-order valence-electron chi connectivity index (χ2n) is 2.69. The van der Waals surface area contributed by atoms with Crippen LogP contribution in [-0.4, -0.2) is 21.3 Å². The Morgan fingerprint density at radius 1 is 1.57 bits per heavy atom. The highest BCUT2D eigenvalue weighted by molar-refractivity contribution is 14.1. The van der Waals surface area contributed by atoms with E-state index in [0.29, 0.717) is 5.52 Å². The lowest BCUT2D eigenvalue weighted by molar-refractivity contribution is 0.0697. The lowest BCUT2D eigenvalue weighted by Gasteiger charge is -1.97. The Morgan fingerprint density at radius 2 is 2.29 bits per heavy atom. The molecular weight excluding hydrogens is 318 g/mol. The molecule has 0 aliphatic rings. The SMILES string of the molecule is O=C(O)c1cc2n[nH]c(I)c2cc1Cl. The molecule has 0 spiro atoms. The summed E-state index contributed by atoms with van der Waals surface area (Å²) in [6, 6.07) is 3.06. The van der Waals surface area contributed by atoms with Gasteiger partial charge in [-0.2, -0.15) is 5.10 Å². The Hall–Kier alpha value is -0.820. The third kappa shape index (κ3) is 1.46. The fourth-order valence-electron chi connectivity index (χ4n) is 1.16. The monoisotopic (exact) mass is 322 g/mol. The van der Waals surface area contributed by atoms with Crippen LogP contribution in [0, 0.1) is 3.70 Å². The molecule has 1 aromatic carbocycles. The number of hydrogen-bond acceptors (Lipinski definition) is 2. The number of carboxylic acid groups (broad SMARTS) is 1. The Bertz CT molecular complexity index is 523. The average Bonchev–Trinajstić information content (AvgIpc) is 2.46. The number of aromatic amines is 1. The number of H-pyrrole nitrogens is 1. The molecule has 72 valence electrons. The number of benzene rings is 1. The number of nitrogens with zero attached hydrogens (tertiary/aromatic N) is 1. The Balaban J connectivity index is 2.79. The molecule has 0 amide bonds. The van der Waals surface area contributed by atoms with E-state index in [0.717, 1.165) is 9.09 Å². The van der Waals surface area contributed by atoms with E-state index in [-0.39, 0.29) is 10.6 Å². The molecule has 0 saturated heterocycles. The predicted molar refractivity (Wildman–Crippen MR) is 60.8 cm³/mol. The van der Waals surface area contributed by atoms with Crippen LogP contribution >= 0.6 is 34.2 Å². The van der Waals surface area contributed by atoms with E-state index in [1.807, 2.05) is 0 Å². The topological polar surface area (TPSA) is 66.0 Å². The van der Waals surface area contributed by atoms with Gasteiger partial charge in [-0.3, -0.25) is 5.10 Å². The maximum atomic E-state index is 10.7. The molecule has 6 heteroatoms. The molecule has 2 rings (SSSR count). The summed E-state index contributed by atoms with van der Waals surface area (Å²) >= 11 is 7.88. The van der Waals surface area contributed by atoms with Gasteiger partial charge in [0, 0.05) is 5.39 Å². The zero-order valence-corrected chi connectivity index (χ0v) is 9.63. The number of fused-ring (bicyclic) bond motifs is 1. The van der Waals surface area contributed by atoms with Gasteiger partial charge in [0.1, 0.15) is 3.70 Å². The summed E-state index contributed by atoms with van der Waals surface area (Å²) in [6.07, 6.45) is 0. The maximum Gasteiger partial charge on any atom is 0.337 e. The molecule has 0 aliphatic heterocycles. The minimum Gasteiger partial charge on any atom is -0.478 e. The van der Waals surface area contributed by atoms with Crippen LogP contribution in [0.5, 0.6) is 0 Å². The van der Waals surface area contributed by atoms with Crippen LogP contribution in [0.4, 0.5) is 0 Å². The first-order valence-electron chi connectivity index (χ1n) is 3.66. The summed E-state index contributed by atoms with van der Waals surface area (Å²) in [6.45, 7) is 0. The second-order valence-corrected chi connectivity index (χ2v) is 4.18. The summed E-state index contributed by atoms with van der Waals surface area (Å²) in [5.74, 6) is -1.05. The summed E-state index contributed by atoms with van der Waals surface area (Å²) in [5.41, 5.74) is 0.679. The molecule has 0 saturated carbocycles. The van der Waals surface area contributed by atoms with Gasteiger partial charge in [0.2, 0.25) is 0 Å². The van der Waals surface area contributed by atoms with Crippen molar-refractivity contribution in [2.45, 2.75) is 0 Å². The Kier molecular flexibility index (Phi) is 2.36. The van der Waals surface area contributed by atoms with Crippen molar-refractivity contribution < 1.29 is 9.90 Å². The highest BCUT2D eigenvalue weighted by atomic mass is 127. The minimum absolute atomic E-state index is 0.0714. The Labute approximate surface area is 97.4 Å². The van der Waals surface area contributed by atoms with Gasteiger partial charge >= 0.3 is 5.97 Å². The van der Waals surface area contributed by atoms with Crippen molar-refractivity contribution in [1.82, 2.24) is 10.2 Å². The van der Waals surface area contributed by atoms with Crippen molar-refractivity contribution >= 4 is 51.1 Å². The molecule has 1 heterocycles. The van der Waals surface area contributed by atoms with Gasteiger partial charge in [-0.1, -0.05) is 11.6 Å². The number of aromatic carboxylic acids is 1. The fraction of sp³-hybridized carbons (Fsp3) is 0. The molecule has 0 atom stereocenters. The number of hydrogen-bond donors (Lipinski definition) is 2. The van der Waals surface area contributed by atoms with Crippen molar-refractivity contribution in [3.05, 3.63) is 26.4 Å². The highest BCUT2D eigenvalue weighted by Gasteiger charge is 2.12. The summed E-state index contributed by atoms with van der Waals surface area (Å²) in [7, 11) is 0. The van der Waals surface area contributed by atoms with Crippen LogP contribution in [0.15, 0.2) is 12.1 Å². The molecule has 0 fully saturated rings. The van der Waals surface area contributed by atoms with Gasteiger partial charge in [0.05, 0.1) is 16.1 Å². The number of halogens is 2. The largest absolute Gasteiger partial charge is 0.478 e. The summed E-state index contributed by atoms with van der Waals surface area (Å²) in [5, 5.41) is 16.6. The zero-order valence-electron chi connectivity index (χ0n) is 6.71. The third-order valence-corrected chi connectivity index (χ3v) is 2.96. The van der Waals surface area contributed by atoms with Crippen LogP contribution in [-0.2, 0) is 0 Å². The first-order valence-corrected chi connectivity index (χ1v) is 5.11. The quantitative estimate of drug-likeness (QED) is 0.793. The molecule has 14 heavy (non-hydrogen) atoms. The summed E-state index contributed by atoms with van der Waals surface area (Å²) in [4.78, 5) is 10.7. The molecule has 4 nitrogen and oxygen atoms in total. The first-order chi connectivity index (χ1) is 6.59. The Morgan fingerprint density at radius 3 is 2.93 bits per heavy atom. The van der Waals surface area contributed by atoms with E-state index in [1.165, 1.54) is 6.07 Å². The molecule has 0 bridgehead atoms. The normalized spacial score (nSPS) is 10.7. The van der Waals surface area contributed by atoms with Crippen LogP contribution in [0.2, 0.25) is 5.02 Å². The van der Waals surface area contributed by atoms with E-state index in [9.17, 15) is 4.79 Å². The van der Waals surface area contributed by atoms with E-state index in [1.54, 1.807) is 6.07 Å². The van der Waals surface area contributed by atoms with E-state index in [4.69, 9.17) is 16.7 Å². The molecule has 2 N–H and O–H groups in total. The van der Waals surface area contributed by atoms with Crippen molar-refractivity contribution in [3.63, 3.8) is 0 Å². The van der Waals surface area contributed by atoms with Crippen molar-refractivity contribution in [1.29, 1.82) is 0 Å². The average molecular weight is 322 g/mol. The highest BCUT2D eigenvalue weighted by Crippen LogP contribution is 2.25. The van der Waals surface area contributed by atoms with Gasteiger partial charge < -0.3 is 5.11 Å². The molecule has 2 aromatic rings. The van der Waals surface area contributed by atoms with Crippen LogP contribution < -0.4 is 0 Å². The van der Waals surface area contributed by atoms with Crippen molar-refractivity contribution in [2.24, 2.45) is 0 Å². The standard InChI is InChI=1S/C8H4ClIN2O2/c9-5-1-4-6(11-12-7(4)10)2-3(5)8(13)14/h1-2H,(H,11,12)(H,13,14). The van der Waals surface area contributed by atoms with E-state index >= 15 is 0 Å². The number of aromatic nitrogens is 2. The molecule has 0 unspecified atom stereocenters. The van der Waals surface area contributed by atoms with Crippen LogP contribution in [0.25, 0.3) is 10.9 Å². The molecular formula is C8H4ClIN2O2. The van der Waals surface area contributed by atoms with Crippen molar-refractivity contribution in [2.75, 3.05) is 0 Å². The molecule has 0 radical (unpaired) electrons. The predicted octanol–water partition coefficient (Wildman–Crippen LogP) is 2.52. The van der Waals surface area contributed by atoms with E-state index < -0.39 is 5.97 Å². The zero-order chi connectivity index (χ0) is 10.3. The summed E-state index contributed by atoms with van der Waals surface area (Å²) < 4.78 is 0.844. The first kappa shape index (κ1) is 9.72. The van der Waals surface area contributed by atoms with E-state index in [2.05, 4.69) is 32.8 Å². The van der Waals surface area contributed by atoms with Gasteiger partial charge in [-0.15, -0.1) is 0 Å².